The lowest BCUT2D eigenvalue weighted by Crippen LogP contribution is -2.53. The summed E-state index contributed by atoms with van der Waals surface area (Å²) in [6, 6.07) is 14.0. The molecule has 0 bridgehead atoms. The maximum atomic E-state index is 14.0. The van der Waals surface area contributed by atoms with Gasteiger partial charge in [-0.25, -0.2) is 13.8 Å². The number of hydrogen-bond donors (Lipinski definition) is 1. The summed E-state index contributed by atoms with van der Waals surface area (Å²) in [7, 11) is 2.15. The Labute approximate surface area is 203 Å². The number of piperazine rings is 1. The molecule has 1 fully saturated rings. The van der Waals surface area contributed by atoms with Crippen LogP contribution in [0.2, 0.25) is 0 Å². The summed E-state index contributed by atoms with van der Waals surface area (Å²) in [6.07, 6.45) is 1.76. The van der Waals surface area contributed by atoms with E-state index in [0.29, 0.717) is 11.7 Å². The molecule has 1 saturated heterocycles. The molecule has 2 aliphatic heterocycles. The number of amidine groups is 1. The van der Waals surface area contributed by atoms with Crippen LogP contribution in [0.25, 0.3) is 0 Å². The SMILES string of the molecule is Cc1cc2c(s1)Nc1ccc(F)cc1N=C2N1CCN(C)[C@@H](CCc2cccc(F)c2)C1.Cl. The summed E-state index contributed by atoms with van der Waals surface area (Å²) in [5, 5.41) is 4.50. The number of hydrogen-bond acceptors (Lipinski definition) is 5. The molecule has 0 radical (unpaired) electrons. The number of rotatable bonds is 3. The maximum Gasteiger partial charge on any atom is 0.139 e. The highest BCUT2D eigenvalue weighted by atomic mass is 35.5. The first-order chi connectivity index (χ1) is 15.5. The fourth-order valence-corrected chi connectivity index (χ4v) is 5.41. The van der Waals surface area contributed by atoms with Crippen molar-refractivity contribution in [1.82, 2.24) is 9.80 Å². The summed E-state index contributed by atoms with van der Waals surface area (Å²) >= 11 is 1.69. The molecule has 0 unspecified atom stereocenters. The van der Waals surface area contributed by atoms with E-state index in [4.69, 9.17) is 4.99 Å². The molecule has 3 aromatic rings. The molecule has 5 rings (SSSR count). The number of halogens is 3. The summed E-state index contributed by atoms with van der Waals surface area (Å²) in [4.78, 5) is 10.8. The third kappa shape index (κ3) is 5.05. The van der Waals surface area contributed by atoms with Crippen molar-refractivity contribution in [3.63, 3.8) is 0 Å². The molecule has 174 valence electrons. The highest BCUT2D eigenvalue weighted by Crippen LogP contribution is 2.39. The van der Waals surface area contributed by atoms with Crippen molar-refractivity contribution in [2.75, 3.05) is 32.0 Å². The molecule has 0 aliphatic carbocycles. The minimum atomic E-state index is -0.290. The standard InChI is InChI=1S/C25H26F2N4S.ClH/c1-16-12-21-24(28-23-14-19(27)7-9-22(23)29-25(21)32-16)31-11-10-30(2)20(15-31)8-6-17-4-3-5-18(26)13-17;/h3-5,7,9,12-14,20,29H,6,8,10-11,15H2,1-2H3;1H/t20-;/m0./s1. The Morgan fingerprint density at radius 2 is 1.91 bits per heavy atom. The van der Waals surface area contributed by atoms with Crippen molar-refractivity contribution in [1.29, 1.82) is 0 Å². The number of nitrogens with zero attached hydrogens (tertiary/aromatic N) is 3. The molecule has 0 spiro atoms. The highest BCUT2D eigenvalue weighted by Gasteiger charge is 2.30. The van der Waals surface area contributed by atoms with E-state index in [2.05, 4.69) is 35.2 Å². The van der Waals surface area contributed by atoms with Gasteiger partial charge < -0.3 is 10.2 Å². The lowest BCUT2D eigenvalue weighted by atomic mass is 10.0. The van der Waals surface area contributed by atoms with Crippen LogP contribution in [0.1, 0.15) is 22.4 Å². The maximum absolute atomic E-state index is 14.0. The number of thiophene rings is 1. The molecule has 8 heteroatoms. The Morgan fingerprint density at radius 3 is 2.73 bits per heavy atom. The zero-order valence-corrected chi connectivity index (χ0v) is 20.3. The van der Waals surface area contributed by atoms with Crippen LogP contribution in [0.15, 0.2) is 53.5 Å². The van der Waals surface area contributed by atoms with Crippen LogP contribution in [0, 0.1) is 18.6 Å². The topological polar surface area (TPSA) is 30.9 Å². The largest absolute Gasteiger partial charge is 0.353 e. The lowest BCUT2D eigenvalue weighted by Gasteiger charge is -2.41. The number of aryl methyl sites for hydroxylation is 2. The van der Waals surface area contributed by atoms with E-state index in [1.165, 1.54) is 23.1 Å². The zero-order valence-electron chi connectivity index (χ0n) is 18.6. The van der Waals surface area contributed by atoms with Crippen molar-refractivity contribution in [3.05, 3.63) is 76.2 Å². The van der Waals surface area contributed by atoms with E-state index < -0.39 is 0 Å². The lowest BCUT2D eigenvalue weighted by molar-refractivity contribution is 0.134. The molecular weight excluding hydrogens is 462 g/mol. The highest BCUT2D eigenvalue weighted by molar-refractivity contribution is 7.16. The van der Waals surface area contributed by atoms with Crippen molar-refractivity contribution in [2.45, 2.75) is 25.8 Å². The van der Waals surface area contributed by atoms with E-state index in [1.54, 1.807) is 29.5 Å². The van der Waals surface area contributed by atoms with Crippen LogP contribution < -0.4 is 5.32 Å². The number of anilines is 2. The average Bonchev–Trinajstić information content (AvgIpc) is 3.06. The molecule has 2 aromatic carbocycles. The van der Waals surface area contributed by atoms with Gasteiger partial charge >= 0.3 is 0 Å². The van der Waals surface area contributed by atoms with Crippen LogP contribution >= 0.6 is 23.7 Å². The average molecular weight is 489 g/mol. The number of likely N-dealkylation sites (N-methyl/N-ethyl adjacent to an activating group) is 1. The van der Waals surface area contributed by atoms with Crippen molar-refractivity contribution < 1.29 is 8.78 Å². The number of benzene rings is 2. The molecule has 0 amide bonds. The van der Waals surface area contributed by atoms with Gasteiger partial charge in [0.15, 0.2) is 0 Å². The van der Waals surface area contributed by atoms with Crippen LogP contribution in [0.3, 0.4) is 0 Å². The molecule has 1 aromatic heterocycles. The molecule has 1 N–H and O–H groups in total. The Balaban J connectivity index is 0.00000259. The van der Waals surface area contributed by atoms with E-state index in [9.17, 15) is 8.78 Å². The van der Waals surface area contributed by atoms with Crippen molar-refractivity contribution in [2.24, 2.45) is 4.99 Å². The number of nitrogens with one attached hydrogen (secondary N) is 1. The van der Waals surface area contributed by atoms with E-state index in [0.717, 1.165) is 60.1 Å². The van der Waals surface area contributed by atoms with Gasteiger partial charge in [0.05, 0.1) is 16.9 Å². The molecule has 33 heavy (non-hydrogen) atoms. The fourth-order valence-electron chi connectivity index (χ4n) is 4.49. The molecule has 1 atom stereocenters. The summed E-state index contributed by atoms with van der Waals surface area (Å²) in [6.45, 7) is 4.68. The Morgan fingerprint density at radius 1 is 1.09 bits per heavy atom. The van der Waals surface area contributed by atoms with Gasteiger partial charge in [-0.05, 0) is 62.7 Å². The minimum absolute atomic E-state index is 0. The van der Waals surface area contributed by atoms with Crippen molar-refractivity contribution >= 4 is 46.0 Å². The normalized spacial score (nSPS) is 17.9. The van der Waals surface area contributed by atoms with Crippen molar-refractivity contribution in [3.8, 4) is 0 Å². The second-order valence-electron chi connectivity index (χ2n) is 8.57. The molecule has 3 heterocycles. The predicted molar refractivity (Wildman–Crippen MR) is 135 cm³/mol. The summed E-state index contributed by atoms with van der Waals surface area (Å²) in [5.41, 5.74) is 3.53. The third-order valence-electron chi connectivity index (χ3n) is 6.26. The fraction of sp³-hybridized carbons (Fsp3) is 0.320. The second-order valence-corrected chi connectivity index (χ2v) is 9.83. The van der Waals surface area contributed by atoms with Gasteiger partial charge in [-0.1, -0.05) is 12.1 Å². The van der Waals surface area contributed by atoms with Gasteiger partial charge in [0.2, 0.25) is 0 Å². The first kappa shape index (κ1) is 23.7. The predicted octanol–water partition coefficient (Wildman–Crippen LogP) is 6.14. The smallest absolute Gasteiger partial charge is 0.139 e. The third-order valence-corrected chi connectivity index (χ3v) is 7.23. The molecular formula is C25H27ClF2N4S. The second kappa shape index (κ2) is 9.79. The Kier molecular flexibility index (Phi) is 7.02. The van der Waals surface area contributed by atoms with E-state index >= 15 is 0 Å². The Hall–Kier alpha value is -2.48. The Bertz CT molecular complexity index is 1180. The van der Waals surface area contributed by atoms with Gasteiger partial charge in [-0.2, -0.15) is 0 Å². The molecule has 4 nitrogen and oxygen atoms in total. The van der Waals surface area contributed by atoms with Crippen LogP contribution in [-0.4, -0.2) is 48.4 Å². The first-order valence-electron chi connectivity index (χ1n) is 10.9. The van der Waals surface area contributed by atoms with Crippen LogP contribution in [0.5, 0.6) is 0 Å². The number of aliphatic imine (C=N–C) groups is 1. The summed E-state index contributed by atoms with van der Waals surface area (Å²) in [5.74, 6) is 0.416. The van der Waals surface area contributed by atoms with Gasteiger partial charge in [0, 0.05) is 36.6 Å². The number of fused-ring (bicyclic) bond motifs is 2. The van der Waals surface area contributed by atoms with E-state index in [-0.39, 0.29) is 24.0 Å². The van der Waals surface area contributed by atoms with Crippen LogP contribution in [0.4, 0.5) is 25.2 Å². The zero-order chi connectivity index (χ0) is 22.2. The van der Waals surface area contributed by atoms with E-state index in [1.807, 2.05) is 6.07 Å². The van der Waals surface area contributed by atoms with Gasteiger partial charge in [0.25, 0.3) is 0 Å². The van der Waals surface area contributed by atoms with Crippen LogP contribution in [-0.2, 0) is 6.42 Å². The quantitative estimate of drug-likeness (QED) is 0.480. The van der Waals surface area contributed by atoms with Gasteiger partial charge in [-0.3, -0.25) is 4.90 Å². The van der Waals surface area contributed by atoms with Gasteiger partial charge in [0.1, 0.15) is 22.5 Å². The minimum Gasteiger partial charge on any atom is -0.353 e. The first-order valence-corrected chi connectivity index (χ1v) is 11.7. The molecule has 2 aliphatic rings. The monoisotopic (exact) mass is 488 g/mol. The van der Waals surface area contributed by atoms with Gasteiger partial charge in [-0.15, -0.1) is 23.7 Å². The summed E-state index contributed by atoms with van der Waals surface area (Å²) < 4.78 is 27.6. The molecule has 0 saturated carbocycles.